The van der Waals surface area contributed by atoms with Crippen molar-refractivity contribution in [3.8, 4) is 0 Å². The predicted molar refractivity (Wildman–Crippen MR) is 71.5 cm³/mol. The molecule has 0 heterocycles. The summed E-state index contributed by atoms with van der Waals surface area (Å²) in [6, 6.07) is 7.52. The molecule has 0 bridgehead atoms. The molecule has 0 radical (unpaired) electrons. The number of halogens is 1. The Balaban J connectivity index is 2.19. The van der Waals surface area contributed by atoms with Crippen molar-refractivity contribution in [1.29, 1.82) is 0 Å². The highest BCUT2D eigenvalue weighted by Crippen LogP contribution is 2.20. The van der Waals surface area contributed by atoms with Gasteiger partial charge in [0.25, 0.3) is 0 Å². The average Bonchev–Trinajstić information content (AvgIpc) is 2.29. The van der Waals surface area contributed by atoms with Gasteiger partial charge in [-0.1, -0.05) is 11.6 Å². The summed E-state index contributed by atoms with van der Waals surface area (Å²) in [6.07, 6.45) is -0.0529. The zero-order valence-electron chi connectivity index (χ0n) is 9.65. The molecule has 0 unspecified atom stereocenters. The molecule has 1 amide bonds. The van der Waals surface area contributed by atoms with Crippen molar-refractivity contribution in [3.05, 3.63) is 29.3 Å². The third kappa shape index (κ3) is 6.56. The zero-order chi connectivity index (χ0) is 12.7. The van der Waals surface area contributed by atoms with Gasteiger partial charge in [-0.2, -0.15) is 0 Å². The number of nitrogens with one attached hydrogen (secondary N) is 1. The Morgan fingerprint density at radius 1 is 1.47 bits per heavy atom. The number of aliphatic hydroxyl groups excluding tert-OH is 1. The second-order valence-electron chi connectivity index (χ2n) is 3.71. The first-order valence-corrected chi connectivity index (χ1v) is 6.77. The van der Waals surface area contributed by atoms with Crippen molar-refractivity contribution in [2.75, 3.05) is 12.3 Å². The van der Waals surface area contributed by atoms with Gasteiger partial charge in [0, 0.05) is 28.6 Å². The maximum absolute atomic E-state index is 11.3. The molecule has 2 N–H and O–H groups in total. The van der Waals surface area contributed by atoms with Crippen LogP contribution in [-0.4, -0.2) is 29.4 Å². The monoisotopic (exact) mass is 273 g/mol. The van der Waals surface area contributed by atoms with Crippen LogP contribution in [0.25, 0.3) is 0 Å². The highest BCUT2D eigenvalue weighted by Gasteiger charge is 2.03. The first-order chi connectivity index (χ1) is 8.08. The minimum Gasteiger partial charge on any atom is -0.392 e. The van der Waals surface area contributed by atoms with Gasteiger partial charge in [-0.25, -0.2) is 0 Å². The molecule has 94 valence electrons. The number of hydrogen-bond donors (Lipinski definition) is 2. The maximum atomic E-state index is 11.3. The minimum absolute atomic E-state index is 0.0348. The Morgan fingerprint density at radius 3 is 2.71 bits per heavy atom. The lowest BCUT2D eigenvalue weighted by atomic mass is 10.4. The standard InChI is InChI=1S/C12H16ClNO2S/c1-9(15)8-14-12(16)6-7-17-11-4-2-10(13)3-5-11/h2-5,9,15H,6-8H2,1H3,(H,14,16)/t9-/m1/s1. The molecule has 1 aromatic rings. The van der Waals surface area contributed by atoms with Crippen molar-refractivity contribution in [2.24, 2.45) is 0 Å². The van der Waals surface area contributed by atoms with Gasteiger partial charge >= 0.3 is 0 Å². The van der Waals surface area contributed by atoms with E-state index >= 15 is 0 Å². The molecule has 3 nitrogen and oxygen atoms in total. The number of carbonyl (C=O) groups excluding carboxylic acids is 1. The third-order valence-corrected chi connectivity index (χ3v) is 3.27. The van der Waals surface area contributed by atoms with E-state index in [1.165, 1.54) is 0 Å². The summed E-state index contributed by atoms with van der Waals surface area (Å²) < 4.78 is 0. The summed E-state index contributed by atoms with van der Waals surface area (Å²) in [7, 11) is 0. The second-order valence-corrected chi connectivity index (χ2v) is 5.31. The SMILES string of the molecule is C[C@@H](O)CNC(=O)CCSc1ccc(Cl)cc1. The van der Waals surface area contributed by atoms with E-state index in [1.54, 1.807) is 18.7 Å². The van der Waals surface area contributed by atoms with Crippen LogP contribution in [-0.2, 0) is 4.79 Å². The normalized spacial score (nSPS) is 12.2. The molecule has 0 fully saturated rings. The zero-order valence-corrected chi connectivity index (χ0v) is 11.2. The predicted octanol–water partition coefficient (Wildman–Crippen LogP) is 2.32. The van der Waals surface area contributed by atoms with E-state index in [-0.39, 0.29) is 5.91 Å². The van der Waals surface area contributed by atoms with Crippen molar-refractivity contribution in [2.45, 2.75) is 24.3 Å². The first kappa shape index (κ1) is 14.4. The molecule has 1 aromatic carbocycles. The lowest BCUT2D eigenvalue weighted by molar-refractivity contribution is -0.121. The van der Waals surface area contributed by atoms with E-state index < -0.39 is 6.10 Å². The van der Waals surface area contributed by atoms with Crippen LogP contribution in [0.2, 0.25) is 5.02 Å². The highest BCUT2D eigenvalue weighted by molar-refractivity contribution is 7.99. The second kappa shape index (κ2) is 7.58. The lowest BCUT2D eigenvalue weighted by Crippen LogP contribution is -2.30. The quantitative estimate of drug-likeness (QED) is 0.782. The fourth-order valence-electron chi connectivity index (χ4n) is 1.14. The van der Waals surface area contributed by atoms with Crippen LogP contribution in [0.5, 0.6) is 0 Å². The highest BCUT2D eigenvalue weighted by atomic mass is 35.5. The summed E-state index contributed by atoms with van der Waals surface area (Å²) in [4.78, 5) is 12.4. The van der Waals surface area contributed by atoms with Gasteiger partial charge in [-0.3, -0.25) is 4.79 Å². The molecule has 1 rings (SSSR count). The van der Waals surface area contributed by atoms with E-state index in [0.29, 0.717) is 23.7 Å². The Labute approximate surface area is 111 Å². The molecule has 0 aromatic heterocycles. The number of rotatable bonds is 6. The van der Waals surface area contributed by atoms with Crippen LogP contribution in [0.15, 0.2) is 29.2 Å². The van der Waals surface area contributed by atoms with Crippen LogP contribution >= 0.6 is 23.4 Å². The fraction of sp³-hybridized carbons (Fsp3) is 0.417. The number of benzene rings is 1. The molecule has 5 heteroatoms. The van der Waals surface area contributed by atoms with Crippen molar-refractivity contribution in [1.82, 2.24) is 5.32 Å². The minimum atomic E-state index is -0.497. The average molecular weight is 274 g/mol. The summed E-state index contributed by atoms with van der Waals surface area (Å²) >= 11 is 7.38. The van der Waals surface area contributed by atoms with E-state index in [1.807, 2.05) is 24.3 Å². The van der Waals surface area contributed by atoms with Gasteiger partial charge in [-0.15, -0.1) is 11.8 Å². The Kier molecular flexibility index (Phi) is 6.40. The van der Waals surface area contributed by atoms with Gasteiger partial charge in [0.1, 0.15) is 0 Å². The van der Waals surface area contributed by atoms with E-state index in [9.17, 15) is 4.79 Å². The summed E-state index contributed by atoms with van der Waals surface area (Å²) in [5.74, 6) is 0.681. The number of carbonyl (C=O) groups is 1. The Hall–Kier alpha value is -0.710. The topological polar surface area (TPSA) is 49.3 Å². The van der Waals surface area contributed by atoms with Crippen LogP contribution < -0.4 is 5.32 Å². The third-order valence-electron chi connectivity index (χ3n) is 2.01. The first-order valence-electron chi connectivity index (χ1n) is 5.41. The van der Waals surface area contributed by atoms with E-state index in [4.69, 9.17) is 16.7 Å². The van der Waals surface area contributed by atoms with Crippen molar-refractivity contribution < 1.29 is 9.90 Å². The molecule has 0 saturated heterocycles. The number of hydrogen-bond acceptors (Lipinski definition) is 3. The molecule has 0 aliphatic rings. The summed E-state index contributed by atoms with van der Waals surface area (Å²) in [6.45, 7) is 1.95. The summed E-state index contributed by atoms with van der Waals surface area (Å²) in [5, 5.41) is 12.4. The van der Waals surface area contributed by atoms with Gasteiger partial charge in [0.05, 0.1) is 6.10 Å². The number of thioether (sulfide) groups is 1. The van der Waals surface area contributed by atoms with Gasteiger partial charge in [0.2, 0.25) is 5.91 Å². The van der Waals surface area contributed by atoms with Crippen molar-refractivity contribution in [3.63, 3.8) is 0 Å². The molecule has 0 aliphatic carbocycles. The van der Waals surface area contributed by atoms with E-state index in [2.05, 4.69) is 5.32 Å². The van der Waals surface area contributed by atoms with Crippen LogP contribution in [0.4, 0.5) is 0 Å². The largest absolute Gasteiger partial charge is 0.392 e. The molecular weight excluding hydrogens is 258 g/mol. The van der Waals surface area contributed by atoms with E-state index in [0.717, 1.165) is 4.90 Å². The molecular formula is C12H16ClNO2S. The Morgan fingerprint density at radius 2 is 2.12 bits per heavy atom. The fourth-order valence-corrected chi connectivity index (χ4v) is 2.12. The molecule has 0 saturated carbocycles. The molecule has 0 aliphatic heterocycles. The molecule has 17 heavy (non-hydrogen) atoms. The van der Waals surface area contributed by atoms with Crippen LogP contribution in [0.1, 0.15) is 13.3 Å². The molecule has 0 spiro atoms. The number of amides is 1. The number of aliphatic hydroxyl groups is 1. The van der Waals surface area contributed by atoms with Gasteiger partial charge in [-0.05, 0) is 31.2 Å². The summed E-state index contributed by atoms with van der Waals surface area (Å²) in [5.41, 5.74) is 0. The van der Waals surface area contributed by atoms with Crippen LogP contribution in [0.3, 0.4) is 0 Å². The van der Waals surface area contributed by atoms with Gasteiger partial charge in [0.15, 0.2) is 0 Å². The Bertz CT molecular complexity index is 354. The van der Waals surface area contributed by atoms with Crippen LogP contribution in [0, 0.1) is 0 Å². The smallest absolute Gasteiger partial charge is 0.220 e. The maximum Gasteiger partial charge on any atom is 0.220 e. The van der Waals surface area contributed by atoms with Crippen molar-refractivity contribution >= 4 is 29.3 Å². The lowest BCUT2D eigenvalue weighted by Gasteiger charge is -2.06. The van der Waals surface area contributed by atoms with Gasteiger partial charge < -0.3 is 10.4 Å². The molecule has 1 atom stereocenters.